The van der Waals surface area contributed by atoms with Crippen LogP contribution in [-0.4, -0.2) is 5.11 Å². The van der Waals surface area contributed by atoms with Crippen LogP contribution in [0.15, 0.2) is 22.7 Å². The summed E-state index contributed by atoms with van der Waals surface area (Å²) in [6.45, 7) is 2.05. The molecule has 13 heavy (non-hydrogen) atoms. The SMILES string of the molecule is Cc1cccc(C(O)C2CC2)c1Br. The number of benzene rings is 1. The molecule has 1 aliphatic rings. The zero-order valence-electron chi connectivity index (χ0n) is 7.63. The molecule has 0 saturated heterocycles. The molecule has 1 aromatic carbocycles. The fraction of sp³-hybridized carbons (Fsp3) is 0.455. The van der Waals surface area contributed by atoms with Gasteiger partial charge in [-0.1, -0.05) is 34.1 Å². The number of rotatable bonds is 2. The molecule has 1 saturated carbocycles. The molecule has 1 atom stereocenters. The van der Waals surface area contributed by atoms with Gasteiger partial charge in [0.1, 0.15) is 0 Å². The van der Waals surface area contributed by atoms with Gasteiger partial charge in [0, 0.05) is 4.47 Å². The third-order valence-electron chi connectivity index (χ3n) is 2.61. The zero-order chi connectivity index (χ0) is 9.42. The molecular weight excluding hydrogens is 228 g/mol. The van der Waals surface area contributed by atoms with Gasteiger partial charge < -0.3 is 5.11 Å². The number of aliphatic hydroxyl groups excluding tert-OH is 1. The van der Waals surface area contributed by atoms with Crippen LogP contribution in [0.25, 0.3) is 0 Å². The summed E-state index contributed by atoms with van der Waals surface area (Å²) < 4.78 is 1.06. The first-order chi connectivity index (χ1) is 6.20. The Morgan fingerprint density at radius 2 is 2.15 bits per heavy atom. The standard InChI is InChI=1S/C11H13BrO/c1-7-3-2-4-9(10(7)12)11(13)8-5-6-8/h2-4,8,11,13H,5-6H2,1H3. The summed E-state index contributed by atoms with van der Waals surface area (Å²) in [5, 5.41) is 9.94. The topological polar surface area (TPSA) is 20.2 Å². The summed E-state index contributed by atoms with van der Waals surface area (Å²) in [7, 11) is 0. The van der Waals surface area contributed by atoms with Gasteiger partial charge in [0.15, 0.2) is 0 Å². The fourth-order valence-electron chi connectivity index (χ4n) is 1.56. The normalized spacial score (nSPS) is 18.7. The van der Waals surface area contributed by atoms with E-state index in [1.807, 2.05) is 25.1 Å². The molecule has 1 nitrogen and oxygen atoms in total. The Bertz CT molecular complexity index is 318. The molecule has 0 aliphatic heterocycles. The molecule has 2 rings (SSSR count). The second-order valence-corrected chi connectivity index (χ2v) is 4.55. The van der Waals surface area contributed by atoms with E-state index in [0.29, 0.717) is 5.92 Å². The minimum absolute atomic E-state index is 0.269. The Kier molecular flexibility index (Phi) is 2.43. The van der Waals surface area contributed by atoms with Gasteiger partial charge in [0.05, 0.1) is 6.10 Å². The quantitative estimate of drug-likeness (QED) is 0.842. The first-order valence-corrected chi connectivity index (χ1v) is 5.42. The summed E-state index contributed by atoms with van der Waals surface area (Å²) >= 11 is 3.52. The molecule has 0 radical (unpaired) electrons. The Morgan fingerprint density at radius 1 is 1.46 bits per heavy atom. The van der Waals surface area contributed by atoms with Gasteiger partial charge in [0.2, 0.25) is 0 Å². The number of hydrogen-bond donors (Lipinski definition) is 1. The molecule has 0 aromatic heterocycles. The summed E-state index contributed by atoms with van der Waals surface area (Å²) in [6.07, 6.45) is 2.07. The summed E-state index contributed by atoms with van der Waals surface area (Å²) in [4.78, 5) is 0. The zero-order valence-corrected chi connectivity index (χ0v) is 9.21. The van der Waals surface area contributed by atoms with Crippen LogP contribution < -0.4 is 0 Å². The molecule has 0 amide bonds. The van der Waals surface area contributed by atoms with Crippen LogP contribution in [0, 0.1) is 12.8 Å². The van der Waals surface area contributed by atoms with E-state index in [-0.39, 0.29) is 6.10 Å². The first-order valence-electron chi connectivity index (χ1n) is 4.63. The van der Waals surface area contributed by atoms with Crippen LogP contribution in [0.4, 0.5) is 0 Å². The molecule has 1 N–H and O–H groups in total. The average Bonchev–Trinajstić information content (AvgIpc) is 2.91. The third-order valence-corrected chi connectivity index (χ3v) is 3.69. The van der Waals surface area contributed by atoms with E-state index in [9.17, 15) is 5.11 Å². The van der Waals surface area contributed by atoms with Crippen LogP contribution in [0.3, 0.4) is 0 Å². The predicted molar refractivity (Wildman–Crippen MR) is 56.6 cm³/mol. The van der Waals surface area contributed by atoms with E-state index < -0.39 is 0 Å². The lowest BCUT2D eigenvalue weighted by Gasteiger charge is -2.12. The smallest absolute Gasteiger partial charge is 0.0829 e. The highest BCUT2D eigenvalue weighted by Crippen LogP contribution is 2.43. The van der Waals surface area contributed by atoms with Gasteiger partial charge in [-0.2, -0.15) is 0 Å². The van der Waals surface area contributed by atoms with E-state index >= 15 is 0 Å². The van der Waals surface area contributed by atoms with E-state index in [4.69, 9.17) is 0 Å². The van der Waals surface area contributed by atoms with Crippen molar-refractivity contribution < 1.29 is 5.11 Å². The molecule has 0 spiro atoms. The number of aliphatic hydroxyl groups is 1. The highest BCUT2D eigenvalue weighted by Gasteiger charge is 2.31. The molecule has 1 aromatic rings. The lowest BCUT2D eigenvalue weighted by atomic mass is 10.0. The van der Waals surface area contributed by atoms with Crippen molar-refractivity contribution in [1.82, 2.24) is 0 Å². The monoisotopic (exact) mass is 240 g/mol. The Morgan fingerprint density at radius 3 is 2.77 bits per heavy atom. The lowest BCUT2D eigenvalue weighted by molar-refractivity contribution is 0.153. The van der Waals surface area contributed by atoms with Crippen LogP contribution in [-0.2, 0) is 0 Å². The molecule has 1 fully saturated rings. The molecule has 0 heterocycles. The van der Waals surface area contributed by atoms with E-state index in [0.717, 1.165) is 10.0 Å². The van der Waals surface area contributed by atoms with E-state index in [1.54, 1.807) is 0 Å². The van der Waals surface area contributed by atoms with Gasteiger partial charge in [-0.3, -0.25) is 0 Å². The molecule has 1 aliphatic carbocycles. The Labute approximate surface area is 86.9 Å². The summed E-state index contributed by atoms with van der Waals surface area (Å²) in [5.41, 5.74) is 2.24. The second kappa shape index (κ2) is 3.43. The Hall–Kier alpha value is -0.340. The fourth-order valence-corrected chi connectivity index (χ4v) is 2.06. The van der Waals surface area contributed by atoms with Crippen molar-refractivity contribution in [2.75, 3.05) is 0 Å². The minimum Gasteiger partial charge on any atom is -0.388 e. The average molecular weight is 241 g/mol. The molecular formula is C11H13BrO. The molecule has 0 bridgehead atoms. The minimum atomic E-state index is -0.269. The van der Waals surface area contributed by atoms with E-state index in [1.165, 1.54) is 18.4 Å². The van der Waals surface area contributed by atoms with Crippen molar-refractivity contribution in [1.29, 1.82) is 0 Å². The van der Waals surface area contributed by atoms with Crippen molar-refractivity contribution in [2.45, 2.75) is 25.9 Å². The lowest BCUT2D eigenvalue weighted by Crippen LogP contribution is -2.01. The third kappa shape index (κ3) is 1.79. The van der Waals surface area contributed by atoms with Crippen molar-refractivity contribution >= 4 is 15.9 Å². The van der Waals surface area contributed by atoms with Crippen LogP contribution in [0.5, 0.6) is 0 Å². The van der Waals surface area contributed by atoms with Gasteiger partial charge in [-0.05, 0) is 36.8 Å². The predicted octanol–water partition coefficient (Wildman–Crippen LogP) is 3.20. The van der Waals surface area contributed by atoms with Crippen LogP contribution >= 0.6 is 15.9 Å². The largest absolute Gasteiger partial charge is 0.388 e. The van der Waals surface area contributed by atoms with Crippen LogP contribution in [0.1, 0.15) is 30.1 Å². The molecule has 2 heteroatoms. The van der Waals surface area contributed by atoms with Crippen molar-refractivity contribution in [2.24, 2.45) is 5.92 Å². The maximum absolute atomic E-state index is 9.94. The summed E-state index contributed by atoms with van der Waals surface area (Å²) in [6, 6.07) is 6.05. The number of hydrogen-bond acceptors (Lipinski definition) is 1. The highest BCUT2D eigenvalue weighted by atomic mass is 79.9. The maximum atomic E-state index is 9.94. The van der Waals surface area contributed by atoms with Crippen molar-refractivity contribution in [3.05, 3.63) is 33.8 Å². The molecule has 1 unspecified atom stereocenters. The number of halogens is 1. The van der Waals surface area contributed by atoms with Gasteiger partial charge in [-0.15, -0.1) is 0 Å². The Balaban J connectivity index is 2.32. The number of aryl methyl sites for hydroxylation is 1. The van der Waals surface area contributed by atoms with Crippen molar-refractivity contribution in [3.8, 4) is 0 Å². The van der Waals surface area contributed by atoms with E-state index in [2.05, 4.69) is 15.9 Å². The maximum Gasteiger partial charge on any atom is 0.0829 e. The first kappa shape index (κ1) is 9.22. The molecule has 70 valence electrons. The highest BCUT2D eigenvalue weighted by molar-refractivity contribution is 9.10. The summed E-state index contributed by atoms with van der Waals surface area (Å²) in [5.74, 6) is 0.498. The van der Waals surface area contributed by atoms with Gasteiger partial charge in [-0.25, -0.2) is 0 Å². The second-order valence-electron chi connectivity index (χ2n) is 3.76. The van der Waals surface area contributed by atoms with Gasteiger partial charge >= 0.3 is 0 Å². The van der Waals surface area contributed by atoms with Crippen LogP contribution in [0.2, 0.25) is 0 Å². The van der Waals surface area contributed by atoms with Crippen molar-refractivity contribution in [3.63, 3.8) is 0 Å². The van der Waals surface area contributed by atoms with Gasteiger partial charge in [0.25, 0.3) is 0 Å².